The van der Waals surface area contributed by atoms with Crippen LogP contribution >= 0.6 is 0 Å². The maximum Gasteiger partial charge on any atom is 0.213 e. The van der Waals surface area contributed by atoms with Gasteiger partial charge in [0.05, 0.1) is 17.2 Å². The van der Waals surface area contributed by atoms with E-state index in [4.69, 9.17) is 0 Å². The van der Waals surface area contributed by atoms with Gasteiger partial charge in [-0.15, -0.1) is 0 Å². The summed E-state index contributed by atoms with van der Waals surface area (Å²) in [6.07, 6.45) is 3.05. The molecule has 0 aromatic heterocycles. The predicted octanol–water partition coefficient (Wildman–Crippen LogP) is 3.05. The molecule has 2 aromatic carbocycles. The molecule has 1 fully saturated rings. The van der Waals surface area contributed by atoms with Gasteiger partial charge in [0, 0.05) is 12.1 Å². The van der Waals surface area contributed by atoms with Gasteiger partial charge >= 0.3 is 0 Å². The monoisotopic (exact) mass is 344 g/mol. The number of hydrogen-bond donors (Lipinski definition) is 2. The molecule has 0 heterocycles. The van der Waals surface area contributed by atoms with E-state index in [1.807, 2.05) is 24.3 Å². The number of fused-ring (bicyclic) bond motifs is 1. The molecule has 0 amide bonds. The number of hydrogen-bond acceptors (Lipinski definition) is 4. The van der Waals surface area contributed by atoms with E-state index in [1.165, 1.54) is 0 Å². The van der Waals surface area contributed by atoms with E-state index >= 15 is 0 Å². The van der Waals surface area contributed by atoms with Crippen LogP contribution in [-0.4, -0.2) is 19.3 Å². The maximum absolute atomic E-state index is 12.4. The molecule has 0 atom stereocenters. The zero-order valence-electron chi connectivity index (χ0n) is 13.3. The van der Waals surface area contributed by atoms with Crippen LogP contribution in [0.1, 0.15) is 31.2 Å². The largest absolute Gasteiger partial charge is 0.508 e. The van der Waals surface area contributed by atoms with Crippen LogP contribution in [0.4, 0.5) is 0 Å². The van der Waals surface area contributed by atoms with Crippen LogP contribution in [0.15, 0.2) is 36.4 Å². The van der Waals surface area contributed by atoms with Crippen molar-refractivity contribution in [2.45, 2.75) is 32.2 Å². The Bertz CT molecular complexity index is 894. The summed E-state index contributed by atoms with van der Waals surface area (Å²) in [6, 6.07) is 13.1. The summed E-state index contributed by atoms with van der Waals surface area (Å²) in [5.41, 5.74) is -0.221. The Balaban J connectivity index is 1.80. The lowest BCUT2D eigenvalue weighted by Crippen LogP contribution is -2.34. The van der Waals surface area contributed by atoms with Crippen molar-refractivity contribution in [1.29, 1.82) is 5.26 Å². The third kappa shape index (κ3) is 3.37. The van der Waals surface area contributed by atoms with E-state index in [1.54, 1.807) is 12.1 Å². The molecule has 3 rings (SSSR count). The van der Waals surface area contributed by atoms with Crippen molar-refractivity contribution in [1.82, 2.24) is 4.72 Å². The lowest BCUT2D eigenvalue weighted by Gasteiger charge is -2.20. The van der Waals surface area contributed by atoms with E-state index in [0.717, 1.165) is 23.6 Å². The number of sulfonamides is 1. The molecule has 0 aliphatic heterocycles. The van der Waals surface area contributed by atoms with Crippen molar-refractivity contribution in [3.63, 3.8) is 0 Å². The Morgan fingerprint density at radius 2 is 1.88 bits per heavy atom. The van der Waals surface area contributed by atoms with E-state index in [2.05, 4.69) is 10.8 Å². The molecule has 0 bridgehead atoms. The predicted molar refractivity (Wildman–Crippen MR) is 92.8 cm³/mol. The van der Waals surface area contributed by atoms with Gasteiger partial charge < -0.3 is 5.11 Å². The molecule has 1 saturated carbocycles. The van der Waals surface area contributed by atoms with Crippen molar-refractivity contribution in [2.24, 2.45) is 5.41 Å². The van der Waals surface area contributed by atoms with Gasteiger partial charge in [-0.05, 0) is 29.7 Å². The van der Waals surface area contributed by atoms with Gasteiger partial charge in [-0.3, -0.25) is 0 Å². The van der Waals surface area contributed by atoms with Crippen molar-refractivity contribution >= 4 is 20.8 Å². The fourth-order valence-corrected chi connectivity index (χ4v) is 4.99. The average molecular weight is 344 g/mol. The molecule has 1 aliphatic rings. The van der Waals surface area contributed by atoms with Gasteiger partial charge in [-0.2, -0.15) is 5.26 Å². The number of phenolic OH excluding ortho intramolecular Hbond substituents is 1. The second kappa shape index (κ2) is 6.42. The summed E-state index contributed by atoms with van der Waals surface area (Å²) in [5.74, 6) is -0.116. The van der Waals surface area contributed by atoms with E-state index in [0.29, 0.717) is 18.4 Å². The number of nitrogens with one attached hydrogen (secondary N) is 1. The fourth-order valence-electron chi connectivity index (χ4n) is 3.45. The SMILES string of the molecule is N#CC1(CS(=O)(=O)NCc2c(O)ccc3ccccc23)CCCC1. The van der Waals surface area contributed by atoms with Gasteiger partial charge in [0.15, 0.2) is 0 Å². The summed E-state index contributed by atoms with van der Waals surface area (Å²) in [4.78, 5) is 0. The van der Waals surface area contributed by atoms with Gasteiger partial charge in [-0.25, -0.2) is 13.1 Å². The highest BCUT2D eigenvalue weighted by Gasteiger charge is 2.38. The van der Waals surface area contributed by atoms with Gasteiger partial charge in [-0.1, -0.05) is 43.2 Å². The fraction of sp³-hybridized carbons (Fsp3) is 0.389. The minimum Gasteiger partial charge on any atom is -0.508 e. The van der Waals surface area contributed by atoms with Crippen LogP contribution in [0, 0.1) is 16.7 Å². The Morgan fingerprint density at radius 1 is 1.17 bits per heavy atom. The minimum absolute atomic E-state index is 0.0109. The van der Waals surface area contributed by atoms with Crippen molar-refractivity contribution in [3.8, 4) is 11.8 Å². The smallest absolute Gasteiger partial charge is 0.213 e. The summed E-state index contributed by atoms with van der Waals surface area (Å²) >= 11 is 0. The summed E-state index contributed by atoms with van der Waals surface area (Å²) < 4.78 is 27.4. The van der Waals surface area contributed by atoms with Crippen molar-refractivity contribution < 1.29 is 13.5 Å². The zero-order chi connectivity index (χ0) is 17.2. The molecular formula is C18H20N2O3S. The molecule has 5 nitrogen and oxygen atoms in total. The molecule has 24 heavy (non-hydrogen) atoms. The second-order valence-corrected chi connectivity index (χ2v) is 8.27. The van der Waals surface area contributed by atoms with E-state index in [-0.39, 0.29) is 18.0 Å². The molecule has 0 spiro atoms. The highest BCUT2D eigenvalue weighted by atomic mass is 32.2. The molecule has 2 aromatic rings. The first-order valence-corrected chi connectivity index (χ1v) is 9.68. The molecule has 0 unspecified atom stereocenters. The van der Waals surface area contributed by atoms with Crippen molar-refractivity contribution in [2.75, 3.05) is 5.75 Å². The number of nitriles is 1. The third-order valence-corrected chi connectivity index (χ3v) is 6.27. The van der Waals surface area contributed by atoms with Crippen molar-refractivity contribution in [3.05, 3.63) is 42.0 Å². The Morgan fingerprint density at radius 3 is 2.58 bits per heavy atom. The van der Waals surface area contributed by atoms with Gasteiger partial charge in [0.25, 0.3) is 0 Å². The van der Waals surface area contributed by atoms with E-state index < -0.39 is 15.4 Å². The lowest BCUT2D eigenvalue weighted by molar-refractivity contribution is 0.450. The topological polar surface area (TPSA) is 90.2 Å². The quantitative estimate of drug-likeness (QED) is 0.872. The van der Waals surface area contributed by atoms with Crippen LogP contribution in [0.5, 0.6) is 5.75 Å². The molecule has 2 N–H and O–H groups in total. The number of aromatic hydroxyl groups is 1. The first kappa shape index (κ1) is 16.7. The van der Waals surface area contributed by atoms with Crippen LogP contribution < -0.4 is 4.72 Å². The Kier molecular flexibility index (Phi) is 4.48. The number of nitrogens with zero attached hydrogens (tertiary/aromatic N) is 1. The first-order valence-electron chi connectivity index (χ1n) is 8.03. The van der Waals surface area contributed by atoms with Crippen LogP contribution in [0.3, 0.4) is 0 Å². The van der Waals surface area contributed by atoms with Gasteiger partial charge in [0.1, 0.15) is 5.75 Å². The molecule has 126 valence electrons. The standard InChI is InChI=1S/C18H20N2O3S/c19-12-18(9-3-4-10-18)13-24(22,23)20-11-16-15-6-2-1-5-14(15)7-8-17(16)21/h1-2,5-8,20-21H,3-4,9-11,13H2. The third-order valence-electron chi connectivity index (χ3n) is 4.75. The first-order chi connectivity index (χ1) is 11.4. The molecule has 1 aliphatic carbocycles. The zero-order valence-corrected chi connectivity index (χ0v) is 14.1. The normalized spacial score (nSPS) is 17.0. The minimum atomic E-state index is -3.60. The number of phenols is 1. The molecule has 6 heteroatoms. The average Bonchev–Trinajstić information content (AvgIpc) is 3.02. The van der Waals surface area contributed by atoms with E-state index in [9.17, 15) is 18.8 Å². The molecule has 0 saturated heterocycles. The summed E-state index contributed by atoms with van der Waals surface area (Å²) in [6.45, 7) is 0.0109. The number of rotatable bonds is 5. The van der Waals surface area contributed by atoms with Crippen LogP contribution in [-0.2, 0) is 16.6 Å². The highest BCUT2D eigenvalue weighted by Crippen LogP contribution is 2.38. The highest BCUT2D eigenvalue weighted by molar-refractivity contribution is 7.89. The summed E-state index contributed by atoms with van der Waals surface area (Å²) in [7, 11) is -3.60. The molecule has 0 radical (unpaired) electrons. The molecular weight excluding hydrogens is 324 g/mol. The second-order valence-electron chi connectivity index (χ2n) is 6.46. The number of benzene rings is 2. The van der Waals surface area contributed by atoms with Crippen LogP contribution in [0.2, 0.25) is 0 Å². The Labute approximate surface area is 142 Å². The lowest BCUT2D eigenvalue weighted by atomic mass is 9.91. The Hall–Kier alpha value is -2.10. The maximum atomic E-state index is 12.4. The van der Waals surface area contributed by atoms with Gasteiger partial charge in [0.2, 0.25) is 10.0 Å². The summed E-state index contributed by atoms with van der Waals surface area (Å²) in [5, 5.41) is 21.2. The van der Waals surface area contributed by atoms with Crippen LogP contribution in [0.25, 0.3) is 10.8 Å².